The van der Waals surface area contributed by atoms with Crippen molar-refractivity contribution < 1.29 is 18.7 Å². The molecule has 124 valence electrons. The van der Waals surface area contributed by atoms with E-state index in [2.05, 4.69) is 11.9 Å². The van der Waals surface area contributed by atoms with E-state index in [1.165, 1.54) is 0 Å². The average Bonchev–Trinajstić information content (AvgIpc) is 2.47. The van der Waals surface area contributed by atoms with Gasteiger partial charge in [0.1, 0.15) is 10.0 Å². The summed E-state index contributed by atoms with van der Waals surface area (Å²) in [7, 11) is 0. The minimum Gasteiger partial charge on any atom is -0.464 e. The van der Waals surface area contributed by atoms with Gasteiger partial charge in [-0.15, -0.1) is 0 Å². The average molecular weight is 353 g/mol. The van der Waals surface area contributed by atoms with E-state index >= 15 is 0 Å². The molecular formula is C14H19Cl2FN2O3. The predicted molar refractivity (Wildman–Crippen MR) is 83.8 cm³/mol. The molecule has 1 unspecified atom stereocenters. The van der Waals surface area contributed by atoms with Gasteiger partial charge in [0.2, 0.25) is 11.8 Å². The number of hydrogen-bond acceptors (Lipinski definition) is 5. The minimum absolute atomic E-state index is 0.143. The van der Waals surface area contributed by atoms with Crippen molar-refractivity contribution in [3.05, 3.63) is 16.0 Å². The third-order valence-corrected chi connectivity index (χ3v) is 3.64. The molecule has 0 aromatic carbocycles. The van der Waals surface area contributed by atoms with Crippen molar-refractivity contribution >= 4 is 34.9 Å². The molecule has 0 aliphatic heterocycles. The van der Waals surface area contributed by atoms with Gasteiger partial charge in [0, 0.05) is 0 Å². The van der Waals surface area contributed by atoms with Crippen LogP contribution >= 0.6 is 23.2 Å². The van der Waals surface area contributed by atoms with Crippen LogP contribution in [0.2, 0.25) is 10.0 Å². The number of hydrogen-bond donors (Lipinski definition) is 1. The number of nitrogens with two attached hydrogens (primary N) is 1. The van der Waals surface area contributed by atoms with E-state index in [1.54, 1.807) is 6.92 Å². The summed E-state index contributed by atoms with van der Waals surface area (Å²) < 4.78 is 23.6. The number of unbranched alkanes of at least 4 members (excludes halogenated alkanes) is 2. The van der Waals surface area contributed by atoms with Crippen molar-refractivity contribution in [2.24, 2.45) is 0 Å². The third kappa shape index (κ3) is 5.50. The van der Waals surface area contributed by atoms with E-state index in [0.717, 1.165) is 25.7 Å². The topological polar surface area (TPSA) is 74.4 Å². The van der Waals surface area contributed by atoms with Gasteiger partial charge in [0.05, 0.1) is 11.8 Å². The SMILES string of the molecule is CCCCCC(C)OC(=O)COc1nc(F)c(Cl)c(N)c1Cl. The van der Waals surface area contributed by atoms with Gasteiger partial charge in [-0.05, 0) is 19.8 Å². The fourth-order valence-electron chi connectivity index (χ4n) is 1.73. The van der Waals surface area contributed by atoms with Crippen molar-refractivity contribution in [3.63, 3.8) is 0 Å². The lowest BCUT2D eigenvalue weighted by Gasteiger charge is -2.14. The van der Waals surface area contributed by atoms with E-state index in [4.69, 9.17) is 38.4 Å². The minimum atomic E-state index is -1.01. The standard InChI is InChI=1S/C14H19Cl2FN2O3/c1-3-4-5-6-8(2)22-9(20)7-21-14-11(16)12(18)10(15)13(17)19-14/h8H,3-7H2,1-2H3,(H2,18,19). The summed E-state index contributed by atoms with van der Waals surface area (Å²) in [4.78, 5) is 15.0. The Morgan fingerprint density at radius 2 is 2.05 bits per heavy atom. The summed E-state index contributed by atoms with van der Waals surface area (Å²) in [5.41, 5.74) is 5.31. The third-order valence-electron chi connectivity index (χ3n) is 2.92. The lowest BCUT2D eigenvalue weighted by molar-refractivity contribution is -0.151. The van der Waals surface area contributed by atoms with E-state index in [9.17, 15) is 9.18 Å². The van der Waals surface area contributed by atoms with Gasteiger partial charge in [0.25, 0.3) is 0 Å². The summed E-state index contributed by atoms with van der Waals surface area (Å²) in [6, 6.07) is 0. The maximum atomic E-state index is 13.3. The first-order valence-electron chi connectivity index (χ1n) is 6.99. The molecule has 0 saturated heterocycles. The maximum Gasteiger partial charge on any atom is 0.344 e. The molecule has 2 N–H and O–H groups in total. The number of pyridine rings is 1. The van der Waals surface area contributed by atoms with Gasteiger partial charge < -0.3 is 15.2 Å². The van der Waals surface area contributed by atoms with E-state index in [0.29, 0.717) is 0 Å². The largest absolute Gasteiger partial charge is 0.464 e. The van der Waals surface area contributed by atoms with Crippen LogP contribution in [0.5, 0.6) is 5.88 Å². The summed E-state index contributed by atoms with van der Waals surface area (Å²) in [6.07, 6.45) is 3.73. The number of halogens is 3. The van der Waals surface area contributed by atoms with E-state index in [1.807, 2.05) is 0 Å². The molecule has 1 aromatic heterocycles. The lowest BCUT2D eigenvalue weighted by Crippen LogP contribution is -2.21. The lowest BCUT2D eigenvalue weighted by atomic mass is 10.1. The number of nitrogens with zero attached hydrogens (tertiary/aromatic N) is 1. The number of nitrogen functional groups attached to an aromatic ring is 1. The highest BCUT2D eigenvalue weighted by molar-refractivity contribution is 6.39. The zero-order valence-corrected chi connectivity index (χ0v) is 14.0. The smallest absolute Gasteiger partial charge is 0.344 e. The highest BCUT2D eigenvalue weighted by Crippen LogP contribution is 2.35. The van der Waals surface area contributed by atoms with Crippen LogP contribution in [0.3, 0.4) is 0 Å². The monoisotopic (exact) mass is 352 g/mol. The Morgan fingerprint density at radius 1 is 1.36 bits per heavy atom. The van der Waals surface area contributed by atoms with E-state index < -0.39 is 18.5 Å². The van der Waals surface area contributed by atoms with Crippen molar-refractivity contribution in [2.75, 3.05) is 12.3 Å². The van der Waals surface area contributed by atoms with Crippen LogP contribution in [0.1, 0.15) is 39.5 Å². The molecule has 1 atom stereocenters. The molecule has 0 fully saturated rings. The second-order valence-electron chi connectivity index (χ2n) is 4.83. The number of carbonyl (C=O) groups is 1. The first-order chi connectivity index (χ1) is 10.4. The predicted octanol–water partition coefficient (Wildman–Crippen LogP) is 4.00. The Labute approximate surface area is 138 Å². The molecule has 1 rings (SSSR count). The molecule has 22 heavy (non-hydrogen) atoms. The van der Waals surface area contributed by atoms with Gasteiger partial charge in [-0.25, -0.2) is 4.79 Å². The van der Waals surface area contributed by atoms with Crippen molar-refractivity contribution in [1.29, 1.82) is 0 Å². The maximum absolute atomic E-state index is 13.3. The molecule has 0 aliphatic rings. The van der Waals surface area contributed by atoms with Crippen LogP contribution in [-0.2, 0) is 9.53 Å². The van der Waals surface area contributed by atoms with Crippen LogP contribution in [-0.4, -0.2) is 23.7 Å². The zero-order chi connectivity index (χ0) is 16.7. The fraction of sp³-hybridized carbons (Fsp3) is 0.571. The second-order valence-corrected chi connectivity index (χ2v) is 5.59. The summed E-state index contributed by atoms with van der Waals surface area (Å²) in [6.45, 7) is 3.46. The van der Waals surface area contributed by atoms with Crippen molar-refractivity contribution in [3.8, 4) is 5.88 Å². The Morgan fingerprint density at radius 3 is 2.68 bits per heavy atom. The van der Waals surface area contributed by atoms with Gasteiger partial charge >= 0.3 is 5.97 Å². The van der Waals surface area contributed by atoms with Crippen LogP contribution in [0.15, 0.2) is 0 Å². The Hall–Kier alpha value is -1.27. The molecular weight excluding hydrogens is 334 g/mol. The molecule has 8 heteroatoms. The molecule has 0 bridgehead atoms. The first-order valence-corrected chi connectivity index (χ1v) is 7.74. The number of ether oxygens (including phenoxy) is 2. The van der Waals surface area contributed by atoms with Crippen LogP contribution < -0.4 is 10.5 Å². The molecule has 0 radical (unpaired) electrons. The summed E-state index contributed by atoms with van der Waals surface area (Å²) >= 11 is 11.4. The van der Waals surface area contributed by atoms with Crippen LogP contribution in [0, 0.1) is 5.95 Å². The van der Waals surface area contributed by atoms with Crippen LogP contribution in [0.25, 0.3) is 0 Å². The number of anilines is 1. The molecule has 0 amide bonds. The Balaban J connectivity index is 2.51. The van der Waals surface area contributed by atoms with Crippen molar-refractivity contribution in [1.82, 2.24) is 4.98 Å². The highest BCUT2D eigenvalue weighted by atomic mass is 35.5. The normalized spacial score (nSPS) is 12.0. The summed E-state index contributed by atoms with van der Waals surface area (Å²) in [5, 5.41) is -0.528. The molecule has 0 saturated carbocycles. The summed E-state index contributed by atoms with van der Waals surface area (Å²) in [5.74, 6) is -1.90. The van der Waals surface area contributed by atoms with Crippen molar-refractivity contribution in [2.45, 2.75) is 45.6 Å². The molecule has 1 aromatic rings. The van der Waals surface area contributed by atoms with E-state index in [-0.39, 0.29) is 27.7 Å². The fourth-order valence-corrected chi connectivity index (χ4v) is 2.11. The number of aromatic nitrogens is 1. The second kappa shape index (κ2) is 9.00. The van der Waals surface area contributed by atoms with Gasteiger partial charge in [-0.1, -0.05) is 43.0 Å². The molecule has 0 aliphatic carbocycles. The first kappa shape index (κ1) is 18.8. The Bertz CT molecular complexity index is 529. The molecule has 1 heterocycles. The van der Waals surface area contributed by atoms with Gasteiger partial charge in [-0.2, -0.15) is 9.37 Å². The van der Waals surface area contributed by atoms with Gasteiger partial charge in [0.15, 0.2) is 6.61 Å². The van der Waals surface area contributed by atoms with Crippen LogP contribution in [0.4, 0.5) is 10.1 Å². The molecule has 5 nitrogen and oxygen atoms in total. The zero-order valence-electron chi connectivity index (χ0n) is 12.5. The quantitative estimate of drug-likeness (QED) is 0.434. The highest BCUT2D eigenvalue weighted by Gasteiger charge is 2.18. The number of carbonyl (C=O) groups excluding carboxylic acids is 1. The molecule has 0 spiro atoms. The Kier molecular flexibility index (Phi) is 7.68. The number of esters is 1. The number of rotatable bonds is 8. The van der Waals surface area contributed by atoms with Gasteiger partial charge in [-0.3, -0.25) is 0 Å².